The van der Waals surface area contributed by atoms with E-state index in [-0.39, 0.29) is 17.5 Å². The third kappa shape index (κ3) is 3.66. The normalized spacial score (nSPS) is 24.2. The van der Waals surface area contributed by atoms with Gasteiger partial charge < -0.3 is 15.7 Å². The summed E-state index contributed by atoms with van der Waals surface area (Å²) >= 11 is 1.18. The molecule has 19 heavy (non-hydrogen) atoms. The van der Waals surface area contributed by atoms with Crippen molar-refractivity contribution in [1.82, 2.24) is 4.98 Å². The summed E-state index contributed by atoms with van der Waals surface area (Å²) in [5.41, 5.74) is 5.55. The highest BCUT2D eigenvalue weighted by Crippen LogP contribution is 2.26. The van der Waals surface area contributed by atoms with E-state index in [2.05, 4.69) is 17.1 Å². The lowest BCUT2D eigenvalue weighted by Crippen LogP contribution is -2.22. The zero-order valence-electron chi connectivity index (χ0n) is 10.7. The second kappa shape index (κ2) is 6.01. The predicted octanol–water partition coefficient (Wildman–Crippen LogP) is 2.11. The van der Waals surface area contributed by atoms with E-state index in [4.69, 9.17) is 15.7 Å². The average molecular weight is 283 g/mol. The van der Waals surface area contributed by atoms with E-state index in [1.807, 2.05) is 0 Å². The molecule has 104 valence electrons. The number of hydrogen-bond donors (Lipinski definition) is 2. The van der Waals surface area contributed by atoms with E-state index in [9.17, 15) is 4.79 Å². The zero-order chi connectivity index (χ0) is 13.8. The summed E-state index contributed by atoms with van der Waals surface area (Å²) < 4.78 is 0. The van der Waals surface area contributed by atoms with Gasteiger partial charge in [-0.15, -0.1) is 11.3 Å². The highest BCUT2D eigenvalue weighted by Gasteiger charge is 2.22. The molecule has 1 heterocycles. The fraction of sp³-hybridized carbons (Fsp3) is 0.583. The van der Waals surface area contributed by atoms with Gasteiger partial charge in [-0.1, -0.05) is 18.5 Å². The Morgan fingerprint density at radius 3 is 3.00 bits per heavy atom. The molecule has 0 aromatic carbocycles. The monoisotopic (exact) mass is 283 g/mol. The van der Waals surface area contributed by atoms with E-state index >= 15 is 0 Å². The first-order valence-corrected chi connectivity index (χ1v) is 7.12. The van der Waals surface area contributed by atoms with Crippen molar-refractivity contribution >= 4 is 28.1 Å². The fourth-order valence-electron chi connectivity index (χ4n) is 2.19. The van der Waals surface area contributed by atoms with Gasteiger partial charge >= 0.3 is 5.97 Å². The summed E-state index contributed by atoms with van der Waals surface area (Å²) in [6, 6.07) is 0. The van der Waals surface area contributed by atoms with Gasteiger partial charge in [0.15, 0.2) is 5.13 Å². The highest BCUT2D eigenvalue weighted by molar-refractivity contribution is 7.13. The van der Waals surface area contributed by atoms with E-state index in [1.165, 1.54) is 17.8 Å². The smallest absolute Gasteiger partial charge is 0.360 e. The van der Waals surface area contributed by atoms with Gasteiger partial charge in [0, 0.05) is 5.38 Å². The summed E-state index contributed by atoms with van der Waals surface area (Å²) in [6.07, 6.45) is 4.11. The van der Waals surface area contributed by atoms with Crippen molar-refractivity contribution in [2.45, 2.75) is 38.7 Å². The Hall–Kier alpha value is -1.63. The Balaban J connectivity index is 2.07. The molecule has 0 aliphatic heterocycles. The van der Waals surface area contributed by atoms with Gasteiger partial charge in [-0.3, -0.25) is 0 Å². The Morgan fingerprint density at radius 1 is 1.63 bits per heavy atom. The summed E-state index contributed by atoms with van der Waals surface area (Å²) in [7, 11) is 0. The number of rotatable bonds is 4. The number of carbonyl (C=O) groups is 1. The standard InChI is InChI=1S/C12H17N3O3S/c1-7-3-2-4-8(5-7)18-15-10(11(16)17)9-6-19-12(13)14-9/h6-8H,2-5H2,1H3,(H2,13,14)(H,16,17)/t7-,8-/m0/s1. The van der Waals surface area contributed by atoms with Crippen molar-refractivity contribution in [3.8, 4) is 0 Å². The van der Waals surface area contributed by atoms with Crippen molar-refractivity contribution in [2.75, 3.05) is 5.73 Å². The number of thiazole rings is 1. The molecule has 0 unspecified atom stereocenters. The third-order valence-corrected chi connectivity index (χ3v) is 3.82. The van der Waals surface area contributed by atoms with E-state index < -0.39 is 5.97 Å². The molecule has 2 rings (SSSR count). The molecule has 7 heteroatoms. The number of nitrogen functional groups attached to an aromatic ring is 1. The first kappa shape index (κ1) is 13.8. The Bertz CT molecular complexity index is 486. The number of anilines is 1. The van der Waals surface area contributed by atoms with Crippen LogP contribution in [0, 0.1) is 5.92 Å². The van der Waals surface area contributed by atoms with Crippen LogP contribution in [0.3, 0.4) is 0 Å². The SMILES string of the molecule is C[C@H]1CCC[C@H](ON=C(C(=O)O)c2csc(N)n2)C1. The van der Waals surface area contributed by atoms with Crippen LogP contribution in [0.15, 0.2) is 10.5 Å². The number of aromatic nitrogens is 1. The molecular formula is C12H17N3O3S. The van der Waals surface area contributed by atoms with Crippen LogP contribution in [0.5, 0.6) is 0 Å². The molecule has 1 fully saturated rings. The van der Waals surface area contributed by atoms with Crippen molar-refractivity contribution < 1.29 is 14.7 Å². The Morgan fingerprint density at radius 2 is 2.42 bits per heavy atom. The maximum atomic E-state index is 11.2. The lowest BCUT2D eigenvalue weighted by molar-refractivity contribution is -0.129. The molecule has 1 aliphatic rings. The van der Waals surface area contributed by atoms with Crippen molar-refractivity contribution in [1.29, 1.82) is 0 Å². The largest absolute Gasteiger partial charge is 0.476 e. The van der Waals surface area contributed by atoms with Gasteiger partial charge in [-0.2, -0.15) is 0 Å². The van der Waals surface area contributed by atoms with Crippen LogP contribution >= 0.6 is 11.3 Å². The molecule has 1 aromatic heterocycles. The van der Waals surface area contributed by atoms with Gasteiger partial charge in [0.25, 0.3) is 0 Å². The van der Waals surface area contributed by atoms with Gasteiger partial charge in [-0.25, -0.2) is 9.78 Å². The van der Waals surface area contributed by atoms with Gasteiger partial charge in [-0.05, 0) is 25.2 Å². The summed E-state index contributed by atoms with van der Waals surface area (Å²) in [4.78, 5) is 20.4. The lowest BCUT2D eigenvalue weighted by atomic mass is 9.89. The topological polar surface area (TPSA) is 97.8 Å². The van der Waals surface area contributed by atoms with Crippen LogP contribution in [-0.4, -0.2) is 27.9 Å². The minimum Gasteiger partial charge on any atom is -0.476 e. The number of hydrogen-bond acceptors (Lipinski definition) is 6. The molecule has 3 N–H and O–H groups in total. The van der Waals surface area contributed by atoms with Gasteiger partial charge in [0.1, 0.15) is 11.8 Å². The van der Waals surface area contributed by atoms with Crippen LogP contribution in [0.2, 0.25) is 0 Å². The molecule has 0 spiro atoms. The van der Waals surface area contributed by atoms with Crippen LogP contribution < -0.4 is 5.73 Å². The summed E-state index contributed by atoms with van der Waals surface area (Å²) in [5.74, 6) is -0.564. The molecule has 2 atom stereocenters. The van der Waals surface area contributed by atoms with Crippen LogP contribution in [0.4, 0.5) is 5.13 Å². The number of carboxylic acids is 1. The minimum absolute atomic E-state index is 0.00548. The molecule has 0 bridgehead atoms. The summed E-state index contributed by atoms with van der Waals surface area (Å²) in [5, 5.41) is 14.8. The van der Waals surface area contributed by atoms with Crippen LogP contribution in [-0.2, 0) is 9.63 Å². The molecule has 1 aliphatic carbocycles. The lowest BCUT2D eigenvalue weighted by Gasteiger charge is -2.24. The maximum absolute atomic E-state index is 11.2. The minimum atomic E-state index is -1.16. The van der Waals surface area contributed by atoms with Crippen molar-refractivity contribution in [2.24, 2.45) is 11.1 Å². The number of carboxylic acid groups (broad SMARTS) is 1. The van der Waals surface area contributed by atoms with E-state index in [0.29, 0.717) is 11.0 Å². The summed E-state index contributed by atoms with van der Waals surface area (Å²) in [6.45, 7) is 2.17. The first-order valence-electron chi connectivity index (χ1n) is 6.24. The number of nitrogens with two attached hydrogens (primary N) is 1. The number of oxime groups is 1. The number of aliphatic carboxylic acids is 1. The molecule has 0 amide bonds. The average Bonchev–Trinajstić information content (AvgIpc) is 2.76. The quantitative estimate of drug-likeness (QED) is 0.651. The van der Waals surface area contributed by atoms with E-state index in [1.54, 1.807) is 5.38 Å². The van der Waals surface area contributed by atoms with Crippen molar-refractivity contribution in [3.05, 3.63) is 11.1 Å². The van der Waals surface area contributed by atoms with Crippen LogP contribution in [0.1, 0.15) is 38.3 Å². The second-order valence-corrected chi connectivity index (χ2v) is 5.70. The molecule has 0 saturated heterocycles. The molecular weight excluding hydrogens is 266 g/mol. The molecule has 1 aromatic rings. The second-order valence-electron chi connectivity index (χ2n) is 4.82. The molecule has 6 nitrogen and oxygen atoms in total. The highest BCUT2D eigenvalue weighted by atomic mass is 32.1. The predicted molar refractivity (Wildman–Crippen MR) is 73.2 cm³/mol. The molecule has 0 radical (unpaired) electrons. The first-order chi connectivity index (χ1) is 9.06. The van der Waals surface area contributed by atoms with Crippen LogP contribution in [0.25, 0.3) is 0 Å². The fourth-order valence-corrected chi connectivity index (χ4v) is 2.74. The molecule has 1 saturated carbocycles. The Kier molecular flexibility index (Phi) is 4.36. The van der Waals surface area contributed by atoms with E-state index in [0.717, 1.165) is 19.3 Å². The van der Waals surface area contributed by atoms with Gasteiger partial charge in [0.05, 0.1) is 0 Å². The Labute approximate surface area is 115 Å². The number of nitrogens with zero attached hydrogens (tertiary/aromatic N) is 2. The zero-order valence-corrected chi connectivity index (χ0v) is 11.5. The third-order valence-electron chi connectivity index (χ3n) is 3.15. The maximum Gasteiger partial charge on any atom is 0.360 e. The van der Waals surface area contributed by atoms with Gasteiger partial charge in [0.2, 0.25) is 5.71 Å². The van der Waals surface area contributed by atoms with Crippen molar-refractivity contribution in [3.63, 3.8) is 0 Å².